The van der Waals surface area contributed by atoms with Crippen molar-refractivity contribution in [3.05, 3.63) is 114 Å². The maximum absolute atomic E-state index is 12.5. The van der Waals surface area contributed by atoms with Gasteiger partial charge < -0.3 is 16.4 Å². The van der Waals surface area contributed by atoms with Gasteiger partial charge in [-0.05, 0) is 59.2 Å². The van der Waals surface area contributed by atoms with Gasteiger partial charge in [0.25, 0.3) is 5.91 Å². The molecule has 0 aliphatic rings. The molecule has 4 aromatic rings. The highest BCUT2D eigenvalue weighted by Crippen LogP contribution is 2.22. The van der Waals surface area contributed by atoms with Crippen LogP contribution in [0, 0.1) is 0 Å². The maximum atomic E-state index is 12.5. The second kappa shape index (κ2) is 9.69. The number of pyridine rings is 1. The largest absolute Gasteiger partial charge is 0.397 e. The topological polar surface area (TPSA) is 80.0 Å². The lowest BCUT2D eigenvalue weighted by molar-refractivity contribution is 0.102. The van der Waals surface area contributed by atoms with Crippen LogP contribution in [-0.4, -0.2) is 10.9 Å². The monoisotopic (exact) mass is 408 g/mol. The number of carbonyl (C=O) groups is 1. The Hall–Kier alpha value is -3.96. The van der Waals surface area contributed by atoms with Crippen LogP contribution >= 0.6 is 0 Å². The van der Waals surface area contributed by atoms with Crippen LogP contribution in [0.4, 0.5) is 11.4 Å². The molecule has 0 radical (unpaired) electrons. The molecule has 0 unspecified atom stereocenters. The summed E-state index contributed by atoms with van der Waals surface area (Å²) in [5.74, 6) is -0.183. The average molecular weight is 409 g/mol. The van der Waals surface area contributed by atoms with E-state index in [-0.39, 0.29) is 5.91 Å². The van der Waals surface area contributed by atoms with Crippen molar-refractivity contribution >= 4 is 17.3 Å². The Bertz CT molecular complexity index is 1160. The summed E-state index contributed by atoms with van der Waals surface area (Å²) in [5, 5.41) is 6.28. The summed E-state index contributed by atoms with van der Waals surface area (Å²) in [7, 11) is 0. The maximum Gasteiger partial charge on any atom is 0.255 e. The summed E-state index contributed by atoms with van der Waals surface area (Å²) < 4.78 is 0. The van der Waals surface area contributed by atoms with E-state index >= 15 is 0 Å². The number of rotatable bonds is 7. The van der Waals surface area contributed by atoms with Crippen LogP contribution < -0.4 is 16.4 Å². The SMILES string of the molecule is Nc1ccccc1NC(=O)c1ccc(-c2cccc(CNCc3ccccn3)c2)cc1. The first-order valence-corrected chi connectivity index (χ1v) is 10.1. The van der Waals surface area contributed by atoms with E-state index in [0.29, 0.717) is 16.9 Å². The minimum absolute atomic E-state index is 0.183. The van der Waals surface area contributed by atoms with Crippen molar-refractivity contribution in [2.45, 2.75) is 13.1 Å². The van der Waals surface area contributed by atoms with E-state index in [4.69, 9.17) is 5.73 Å². The van der Waals surface area contributed by atoms with Crippen LogP contribution in [0.3, 0.4) is 0 Å². The molecule has 3 aromatic carbocycles. The molecule has 0 aliphatic heterocycles. The third-order valence-electron chi connectivity index (χ3n) is 4.98. The lowest BCUT2D eigenvalue weighted by Crippen LogP contribution is -2.13. The first kappa shape index (κ1) is 20.3. The van der Waals surface area contributed by atoms with Crippen molar-refractivity contribution in [1.82, 2.24) is 10.3 Å². The Morgan fingerprint density at radius 2 is 1.61 bits per heavy atom. The normalized spacial score (nSPS) is 10.6. The highest BCUT2D eigenvalue weighted by molar-refractivity contribution is 6.05. The number of nitrogens with one attached hydrogen (secondary N) is 2. The second-order valence-electron chi connectivity index (χ2n) is 7.24. The molecule has 1 aromatic heterocycles. The minimum atomic E-state index is -0.183. The predicted molar refractivity (Wildman–Crippen MR) is 125 cm³/mol. The van der Waals surface area contributed by atoms with Gasteiger partial charge in [0.15, 0.2) is 0 Å². The number of aromatic nitrogens is 1. The quantitative estimate of drug-likeness (QED) is 0.381. The molecule has 5 heteroatoms. The summed E-state index contributed by atoms with van der Waals surface area (Å²) in [4.78, 5) is 16.8. The number of amides is 1. The van der Waals surface area contributed by atoms with Gasteiger partial charge in [-0.1, -0.05) is 48.5 Å². The first-order chi connectivity index (χ1) is 15.2. The molecule has 5 nitrogen and oxygen atoms in total. The molecule has 0 bridgehead atoms. The van der Waals surface area contributed by atoms with E-state index < -0.39 is 0 Å². The van der Waals surface area contributed by atoms with Crippen LogP contribution in [0.1, 0.15) is 21.6 Å². The van der Waals surface area contributed by atoms with Crippen molar-refractivity contribution < 1.29 is 4.79 Å². The van der Waals surface area contributed by atoms with Crippen molar-refractivity contribution in [2.75, 3.05) is 11.1 Å². The molecular weight excluding hydrogens is 384 g/mol. The van der Waals surface area contributed by atoms with E-state index in [0.717, 1.165) is 29.9 Å². The Morgan fingerprint density at radius 1 is 0.806 bits per heavy atom. The van der Waals surface area contributed by atoms with Gasteiger partial charge >= 0.3 is 0 Å². The molecule has 4 N–H and O–H groups in total. The van der Waals surface area contributed by atoms with Crippen molar-refractivity contribution in [3.8, 4) is 11.1 Å². The number of hydrogen-bond donors (Lipinski definition) is 3. The summed E-state index contributed by atoms with van der Waals surface area (Å²) in [6.45, 7) is 1.48. The van der Waals surface area contributed by atoms with Crippen LogP contribution in [-0.2, 0) is 13.1 Å². The molecule has 1 amide bonds. The summed E-state index contributed by atoms with van der Waals surface area (Å²) in [6, 6.07) is 29.1. The lowest BCUT2D eigenvalue weighted by atomic mass is 10.0. The average Bonchev–Trinajstić information content (AvgIpc) is 2.81. The molecule has 0 saturated carbocycles. The van der Waals surface area contributed by atoms with Crippen LogP contribution in [0.5, 0.6) is 0 Å². The zero-order valence-electron chi connectivity index (χ0n) is 17.1. The zero-order valence-corrected chi connectivity index (χ0v) is 17.1. The predicted octanol–water partition coefficient (Wildman–Crippen LogP) is 4.87. The molecule has 1 heterocycles. The molecular formula is C26H24N4O. The Balaban J connectivity index is 1.40. The lowest BCUT2D eigenvalue weighted by Gasteiger charge is -2.10. The number of benzene rings is 3. The first-order valence-electron chi connectivity index (χ1n) is 10.1. The fourth-order valence-corrected chi connectivity index (χ4v) is 3.32. The number of para-hydroxylation sites is 2. The highest BCUT2D eigenvalue weighted by atomic mass is 16.1. The Kier molecular flexibility index (Phi) is 6.35. The smallest absolute Gasteiger partial charge is 0.255 e. The van der Waals surface area contributed by atoms with E-state index in [1.165, 1.54) is 5.56 Å². The number of carbonyl (C=O) groups excluding carboxylic acids is 1. The number of nitrogen functional groups attached to an aromatic ring is 1. The summed E-state index contributed by atoms with van der Waals surface area (Å²) >= 11 is 0. The number of nitrogens with zero attached hydrogens (tertiary/aromatic N) is 1. The molecule has 0 spiro atoms. The summed E-state index contributed by atoms with van der Waals surface area (Å²) in [6.07, 6.45) is 1.80. The number of hydrogen-bond acceptors (Lipinski definition) is 4. The highest BCUT2D eigenvalue weighted by Gasteiger charge is 2.08. The number of nitrogens with two attached hydrogens (primary N) is 1. The molecule has 0 aliphatic carbocycles. The fourth-order valence-electron chi connectivity index (χ4n) is 3.32. The Morgan fingerprint density at radius 3 is 2.39 bits per heavy atom. The van der Waals surface area contributed by atoms with Gasteiger partial charge in [0.1, 0.15) is 0 Å². The van der Waals surface area contributed by atoms with Gasteiger partial charge in [-0.15, -0.1) is 0 Å². The molecule has 154 valence electrons. The van der Waals surface area contributed by atoms with Crippen LogP contribution in [0.2, 0.25) is 0 Å². The van der Waals surface area contributed by atoms with Gasteiger partial charge in [-0.3, -0.25) is 9.78 Å². The molecule has 0 fully saturated rings. The van der Waals surface area contributed by atoms with Gasteiger partial charge in [-0.25, -0.2) is 0 Å². The second-order valence-corrected chi connectivity index (χ2v) is 7.24. The van der Waals surface area contributed by atoms with Crippen molar-refractivity contribution in [2.24, 2.45) is 0 Å². The van der Waals surface area contributed by atoms with Crippen LogP contribution in [0.25, 0.3) is 11.1 Å². The Labute approximate surface area is 182 Å². The van der Waals surface area contributed by atoms with Gasteiger partial charge in [0.05, 0.1) is 17.1 Å². The van der Waals surface area contributed by atoms with E-state index in [9.17, 15) is 4.79 Å². The standard InChI is InChI=1S/C26H24N4O/c27-24-9-1-2-10-25(24)30-26(31)21-13-11-20(12-14-21)22-7-5-6-19(16-22)17-28-18-23-8-3-4-15-29-23/h1-16,28H,17-18,27H2,(H,30,31). The van der Waals surface area contributed by atoms with Gasteiger partial charge in [-0.2, -0.15) is 0 Å². The van der Waals surface area contributed by atoms with E-state index in [1.54, 1.807) is 18.3 Å². The third-order valence-corrected chi connectivity index (χ3v) is 4.98. The molecule has 4 rings (SSSR count). The van der Waals surface area contributed by atoms with Crippen LogP contribution in [0.15, 0.2) is 97.2 Å². The fraction of sp³-hybridized carbons (Fsp3) is 0.0769. The minimum Gasteiger partial charge on any atom is -0.397 e. The zero-order chi connectivity index (χ0) is 21.5. The molecule has 31 heavy (non-hydrogen) atoms. The van der Waals surface area contributed by atoms with E-state index in [1.807, 2.05) is 60.7 Å². The molecule has 0 atom stereocenters. The van der Waals surface area contributed by atoms with Gasteiger partial charge in [0.2, 0.25) is 0 Å². The summed E-state index contributed by atoms with van der Waals surface area (Å²) in [5.41, 5.74) is 12.0. The van der Waals surface area contributed by atoms with Crippen molar-refractivity contribution in [1.29, 1.82) is 0 Å². The molecule has 0 saturated heterocycles. The third kappa shape index (κ3) is 5.35. The van der Waals surface area contributed by atoms with E-state index in [2.05, 4.69) is 33.8 Å². The number of anilines is 2. The van der Waals surface area contributed by atoms with Gasteiger partial charge in [0, 0.05) is 24.8 Å². The van der Waals surface area contributed by atoms with Crippen molar-refractivity contribution in [3.63, 3.8) is 0 Å².